The maximum Gasteiger partial charge on any atom is 0.256 e. The Hall–Kier alpha value is -0.940. The molecule has 2 rings (SSSR count). The molecule has 1 heterocycles. The Kier molecular flexibility index (Phi) is 4.93. The molecule has 1 fully saturated rings. The Balaban J connectivity index is 2.10. The third-order valence-corrected chi connectivity index (χ3v) is 3.95. The Morgan fingerprint density at radius 3 is 3.05 bits per heavy atom. The first-order chi connectivity index (χ1) is 9.11. The highest BCUT2D eigenvalue weighted by Gasteiger charge is 2.25. The third-order valence-electron chi connectivity index (χ3n) is 3.46. The van der Waals surface area contributed by atoms with E-state index < -0.39 is 5.82 Å². The zero-order chi connectivity index (χ0) is 13.8. The van der Waals surface area contributed by atoms with Gasteiger partial charge >= 0.3 is 0 Å². The minimum absolute atomic E-state index is 0.160. The molecule has 0 radical (unpaired) electrons. The van der Waals surface area contributed by atoms with Gasteiger partial charge in [-0.05, 0) is 50.6 Å². The fourth-order valence-electron chi connectivity index (χ4n) is 2.54. The summed E-state index contributed by atoms with van der Waals surface area (Å²) >= 11 is 3.20. The number of carbonyl (C=O) groups is 1. The van der Waals surface area contributed by atoms with E-state index >= 15 is 0 Å². The van der Waals surface area contributed by atoms with Crippen molar-refractivity contribution in [3.63, 3.8) is 0 Å². The van der Waals surface area contributed by atoms with Crippen molar-refractivity contribution >= 4 is 21.8 Å². The SMILES string of the molecule is CNC[C@H]1CCCN(C(=O)c2ccc(Br)cc2F)C1. The minimum Gasteiger partial charge on any atom is -0.338 e. The number of hydrogen-bond acceptors (Lipinski definition) is 2. The number of carbonyl (C=O) groups excluding carboxylic acids is 1. The van der Waals surface area contributed by atoms with Crippen LogP contribution in [0.2, 0.25) is 0 Å². The van der Waals surface area contributed by atoms with E-state index in [4.69, 9.17) is 0 Å². The number of benzene rings is 1. The topological polar surface area (TPSA) is 32.3 Å². The summed E-state index contributed by atoms with van der Waals surface area (Å²) in [6.45, 7) is 2.32. The van der Waals surface area contributed by atoms with Gasteiger partial charge in [0.05, 0.1) is 5.56 Å². The number of piperidine rings is 1. The molecule has 1 aliphatic rings. The molecular formula is C14H18BrFN2O. The van der Waals surface area contributed by atoms with Gasteiger partial charge in [-0.1, -0.05) is 15.9 Å². The predicted molar refractivity (Wildman–Crippen MR) is 76.7 cm³/mol. The van der Waals surface area contributed by atoms with Crippen LogP contribution < -0.4 is 5.32 Å². The summed E-state index contributed by atoms with van der Waals surface area (Å²) < 4.78 is 14.5. The second-order valence-corrected chi connectivity index (χ2v) is 5.86. The van der Waals surface area contributed by atoms with Crippen LogP contribution in [0.5, 0.6) is 0 Å². The lowest BCUT2D eigenvalue weighted by molar-refractivity contribution is 0.0669. The Labute approximate surface area is 121 Å². The molecule has 1 amide bonds. The molecule has 1 atom stereocenters. The molecule has 19 heavy (non-hydrogen) atoms. The Bertz CT molecular complexity index is 465. The average Bonchev–Trinajstić information content (AvgIpc) is 2.39. The van der Waals surface area contributed by atoms with Gasteiger partial charge in [0, 0.05) is 17.6 Å². The lowest BCUT2D eigenvalue weighted by Gasteiger charge is -2.32. The minimum atomic E-state index is -0.463. The first-order valence-corrected chi connectivity index (χ1v) is 7.30. The van der Waals surface area contributed by atoms with E-state index in [2.05, 4.69) is 21.2 Å². The predicted octanol–water partition coefficient (Wildman–Crippen LogP) is 2.66. The molecule has 0 bridgehead atoms. The first-order valence-electron chi connectivity index (χ1n) is 6.50. The number of nitrogens with one attached hydrogen (secondary N) is 1. The molecule has 1 saturated heterocycles. The third kappa shape index (κ3) is 3.54. The van der Waals surface area contributed by atoms with Crippen LogP contribution in [0.4, 0.5) is 4.39 Å². The molecule has 0 saturated carbocycles. The van der Waals surface area contributed by atoms with Gasteiger partial charge in [0.15, 0.2) is 0 Å². The highest BCUT2D eigenvalue weighted by atomic mass is 79.9. The largest absolute Gasteiger partial charge is 0.338 e. The van der Waals surface area contributed by atoms with E-state index in [1.54, 1.807) is 17.0 Å². The van der Waals surface area contributed by atoms with Gasteiger partial charge in [0.2, 0.25) is 0 Å². The van der Waals surface area contributed by atoms with Crippen LogP contribution in [0.1, 0.15) is 23.2 Å². The summed E-state index contributed by atoms with van der Waals surface area (Å²) in [5, 5.41) is 3.14. The van der Waals surface area contributed by atoms with Gasteiger partial charge < -0.3 is 10.2 Å². The number of halogens is 2. The second-order valence-electron chi connectivity index (χ2n) is 4.94. The van der Waals surface area contributed by atoms with Crippen molar-refractivity contribution in [2.24, 2.45) is 5.92 Å². The molecule has 3 nitrogen and oxygen atoms in total. The number of nitrogens with zero attached hydrogens (tertiary/aromatic N) is 1. The van der Waals surface area contributed by atoms with Crippen LogP contribution in [0, 0.1) is 11.7 Å². The lowest BCUT2D eigenvalue weighted by atomic mass is 9.97. The molecule has 0 spiro atoms. The first kappa shape index (κ1) is 14.5. The summed E-state index contributed by atoms with van der Waals surface area (Å²) in [5.41, 5.74) is 0.160. The normalized spacial score (nSPS) is 19.5. The van der Waals surface area contributed by atoms with Crippen molar-refractivity contribution in [1.29, 1.82) is 0 Å². The van der Waals surface area contributed by atoms with Gasteiger partial charge in [-0.2, -0.15) is 0 Å². The fourth-order valence-corrected chi connectivity index (χ4v) is 2.87. The van der Waals surface area contributed by atoms with Crippen LogP contribution in [0.3, 0.4) is 0 Å². The molecule has 5 heteroatoms. The molecule has 1 N–H and O–H groups in total. The molecule has 104 valence electrons. The van der Waals surface area contributed by atoms with E-state index in [0.717, 1.165) is 19.4 Å². The van der Waals surface area contributed by atoms with Crippen molar-refractivity contribution in [3.8, 4) is 0 Å². The smallest absolute Gasteiger partial charge is 0.256 e. The van der Waals surface area contributed by atoms with Crippen molar-refractivity contribution in [3.05, 3.63) is 34.1 Å². The van der Waals surface area contributed by atoms with Crippen LogP contribution in [-0.4, -0.2) is 37.5 Å². The molecule has 1 aromatic rings. The summed E-state index contributed by atoms with van der Waals surface area (Å²) in [5.74, 6) is -0.206. The second kappa shape index (κ2) is 6.48. The maximum absolute atomic E-state index is 13.8. The van der Waals surface area contributed by atoms with E-state index in [1.807, 2.05) is 7.05 Å². The van der Waals surface area contributed by atoms with E-state index in [9.17, 15) is 9.18 Å². The molecule has 0 aromatic heterocycles. The van der Waals surface area contributed by atoms with Gasteiger partial charge in [0.1, 0.15) is 5.82 Å². The fraction of sp³-hybridized carbons (Fsp3) is 0.500. The van der Waals surface area contributed by atoms with Crippen LogP contribution in [0.15, 0.2) is 22.7 Å². The highest BCUT2D eigenvalue weighted by molar-refractivity contribution is 9.10. The molecular weight excluding hydrogens is 311 g/mol. The van der Waals surface area contributed by atoms with E-state index in [-0.39, 0.29) is 11.5 Å². The summed E-state index contributed by atoms with van der Waals surface area (Å²) in [7, 11) is 1.91. The van der Waals surface area contributed by atoms with Crippen molar-refractivity contribution in [2.75, 3.05) is 26.7 Å². The standard InChI is InChI=1S/C14H18BrFN2O/c1-17-8-10-3-2-6-18(9-10)14(19)12-5-4-11(15)7-13(12)16/h4-5,7,10,17H,2-3,6,8-9H2,1H3/t10-/m1/s1. The highest BCUT2D eigenvalue weighted by Crippen LogP contribution is 2.21. The van der Waals surface area contributed by atoms with Gasteiger partial charge in [0.25, 0.3) is 5.91 Å². The van der Waals surface area contributed by atoms with E-state index in [1.165, 1.54) is 6.07 Å². The van der Waals surface area contributed by atoms with Crippen molar-refractivity contribution in [1.82, 2.24) is 10.2 Å². The van der Waals surface area contributed by atoms with E-state index in [0.29, 0.717) is 23.5 Å². The molecule has 1 aliphatic heterocycles. The van der Waals surface area contributed by atoms with Crippen molar-refractivity contribution < 1.29 is 9.18 Å². The molecule has 0 aliphatic carbocycles. The van der Waals surface area contributed by atoms with Crippen LogP contribution in [0.25, 0.3) is 0 Å². The van der Waals surface area contributed by atoms with Gasteiger partial charge in [-0.15, -0.1) is 0 Å². The summed E-state index contributed by atoms with van der Waals surface area (Å²) in [4.78, 5) is 14.1. The number of likely N-dealkylation sites (tertiary alicyclic amines) is 1. The van der Waals surface area contributed by atoms with Gasteiger partial charge in [-0.3, -0.25) is 4.79 Å². The Morgan fingerprint density at radius 2 is 2.37 bits per heavy atom. The monoisotopic (exact) mass is 328 g/mol. The number of hydrogen-bond donors (Lipinski definition) is 1. The number of rotatable bonds is 3. The van der Waals surface area contributed by atoms with Gasteiger partial charge in [-0.25, -0.2) is 4.39 Å². The van der Waals surface area contributed by atoms with Crippen LogP contribution in [-0.2, 0) is 0 Å². The zero-order valence-corrected chi connectivity index (χ0v) is 12.5. The van der Waals surface area contributed by atoms with Crippen molar-refractivity contribution in [2.45, 2.75) is 12.8 Å². The quantitative estimate of drug-likeness (QED) is 0.925. The number of amides is 1. The summed E-state index contributed by atoms with van der Waals surface area (Å²) in [6.07, 6.45) is 2.10. The Morgan fingerprint density at radius 1 is 1.58 bits per heavy atom. The van der Waals surface area contributed by atoms with Crippen LogP contribution >= 0.6 is 15.9 Å². The summed E-state index contributed by atoms with van der Waals surface area (Å²) in [6, 6.07) is 4.58. The average molecular weight is 329 g/mol. The lowest BCUT2D eigenvalue weighted by Crippen LogP contribution is -2.42. The zero-order valence-electron chi connectivity index (χ0n) is 11.0. The molecule has 1 aromatic carbocycles. The maximum atomic E-state index is 13.8. The molecule has 0 unspecified atom stereocenters.